The molecule has 1 aromatic rings. The predicted molar refractivity (Wildman–Crippen MR) is 80.4 cm³/mol. The first-order valence-corrected chi connectivity index (χ1v) is 7.65. The summed E-state index contributed by atoms with van der Waals surface area (Å²) in [5.74, 6) is 0.956. The molecule has 0 fully saturated rings. The Balaban J connectivity index is 2.50. The zero-order valence-electron chi connectivity index (χ0n) is 10.2. The monoisotopic (exact) mass is 291 g/mol. The zero-order chi connectivity index (χ0) is 12.8. The fourth-order valence-electron chi connectivity index (χ4n) is 1.45. The molecular weight excluding hydrogens is 273 g/mol. The van der Waals surface area contributed by atoms with Crippen molar-refractivity contribution in [2.24, 2.45) is 5.73 Å². The lowest BCUT2D eigenvalue weighted by Crippen LogP contribution is -2.26. The van der Waals surface area contributed by atoms with Crippen molar-refractivity contribution in [2.75, 3.05) is 5.75 Å². The van der Waals surface area contributed by atoms with Gasteiger partial charge in [0.2, 0.25) is 0 Å². The molecule has 1 aromatic carbocycles. The van der Waals surface area contributed by atoms with Gasteiger partial charge in [-0.05, 0) is 24.5 Å². The Morgan fingerprint density at radius 2 is 2.06 bits per heavy atom. The average Bonchev–Trinajstić information content (AvgIpc) is 2.32. The van der Waals surface area contributed by atoms with Crippen molar-refractivity contribution in [3.63, 3.8) is 0 Å². The third kappa shape index (κ3) is 5.09. The summed E-state index contributed by atoms with van der Waals surface area (Å²) in [6, 6.07) is 5.83. The lowest BCUT2D eigenvalue weighted by atomic mass is 10.1. The smallest absolute Gasteiger partial charge is 0.0624 e. The van der Waals surface area contributed by atoms with Crippen LogP contribution in [-0.2, 0) is 6.42 Å². The summed E-state index contributed by atoms with van der Waals surface area (Å²) in [4.78, 5) is 0. The topological polar surface area (TPSA) is 26.0 Å². The highest BCUT2D eigenvalue weighted by Gasteiger charge is 2.10. The highest BCUT2D eigenvalue weighted by Crippen LogP contribution is 2.26. The number of hydrogen-bond donors (Lipinski definition) is 1. The lowest BCUT2D eigenvalue weighted by Gasteiger charge is -2.15. The van der Waals surface area contributed by atoms with Gasteiger partial charge in [-0.2, -0.15) is 11.8 Å². The Hall–Kier alpha value is 0.110. The summed E-state index contributed by atoms with van der Waals surface area (Å²) in [6.07, 6.45) is 1.96. The highest BCUT2D eigenvalue weighted by atomic mass is 35.5. The Morgan fingerprint density at radius 1 is 1.35 bits per heavy atom. The summed E-state index contributed by atoms with van der Waals surface area (Å²) in [7, 11) is 0. The molecule has 0 aliphatic rings. The molecule has 96 valence electrons. The molecule has 1 nitrogen and oxygen atoms in total. The van der Waals surface area contributed by atoms with E-state index in [2.05, 4.69) is 13.8 Å². The van der Waals surface area contributed by atoms with Crippen LogP contribution in [0.25, 0.3) is 0 Å². The molecule has 17 heavy (non-hydrogen) atoms. The molecule has 0 spiro atoms. The van der Waals surface area contributed by atoms with Crippen LogP contribution in [0.15, 0.2) is 18.2 Å². The first-order valence-electron chi connectivity index (χ1n) is 5.84. The van der Waals surface area contributed by atoms with Crippen LogP contribution in [0.4, 0.5) is 0 Å². The molecule has 0 bridgehead atoms. The van der Waals surface area contributed by atoms with E-state index >= 15 is 0 Å². The molecule has 0 heterocycles. The zero-order valence-corrected chi connectivity index (χ0v) is 12.6. The van der Waals surface area contributed by atoms with Crippen molar-refractivity contribution in [1.29, 1.82) is 0 Å². The minimum absolute atomic E-state index is 0.130. The Bertz CT molecular complexity index is 357. The van der Waals surface area contributed by atoms with Gasteiger partial charge < -0.3 is 5.73 Å². The second-order valence-electron chi connectivity index (χ2n) is 4.23. The van der Waals surface area contributed by atoms with Crippen molar-refractivity contribution in [2.45, 2.75) is 38.0 Å². The molecule has 0 aliphatic heterocycles. The molecule has 0 radical (unpaired) electrons. The minimum atomic E-state index is 0.130. The van der Waals surface area contributed by atoms with Crippen LogP contribution in [-0.4, -0.2) is 17.0 Å². The van der Waals surface area contributed by atoms with Crippen LogP contribution in [0.5, 0.6) is 0 Å². The normalized spacial score (nSPS) is 14.6. The van der Waals surface area contributed by atoms with Crippen molar-refractivity contribution in [3.8, 4) is 0 Å². The van der Waals surface area contributed by atoms with E-state index in [1.54, 1.807) is 6.07 Å². The van der Waals surface area contributed by atoms with E-state index < -0.39 is 0 Å². The number of benzene rings is 1. The van der Waals surface area contributed by atoms with Crippen LogP contribution in [0.1, 0.15) is 25.8 Å². The molecule has 2 unspecified atom stereocenters. The Kier molecular flexibility index (Phi) is 6.71. The number of rotatable bonds is 6. The van der Waals surface area contributed by atoms with Gasteiger partial charge in [-0.25, -0.2) is 0 Å². The van der Waals surface area contributed by atoms with Gasteiger partial charge in [0, 0.05) is 17.0 Å². The molecule has 0 aliphatic carbocycles. The fourth-order valence-corrected chi connectivity index (χ4v) is 2.78. The quantitative estimate of drug-likeness (QED) is 0.841. The summed E-state index contributed by atoms with van der Waals surface area (Å²) >= 11 is 14.0. The third-order valence-corrected chi connectivity index (χ3v) is 5.06. The molecule has 1 rings (SSSR count). The maximum absolute atomic E-state index is 6.13. The maximum Gasteiger partial charge on any atom is 0.0624 e. The van der Waals surface area contributed by atoms with Crippen molar-refractivity contribution >= 4 is 35.0 Å². The van der Waals surface area contributed by atoms with Gasteiger partial charge in [0.05, 0.1) is 10.0 Å². The van der Waals surface area contributed by atoms with E-state index in [1.165, 1.54) is 6.42 Å². The van der Waals surface area contributed by atoms with Gasteiger partial charge in [0.15, 0.2) is 0 Å². The largest absolute Gasteiger partial charge is 0.327 e. The van der Waals surface area contributed by atoms with Gasteiger partial charge in [-0.15, -0.1) is 0 Å². The molecule has 0 saturated carbocycles. The molecule has 4 heteroatoms. The summed E-state index contributed by atoms with van der Waals surface area (Å²) in [5, 5.41) is 1.90. The number of hydrogen-bond acceptors (Lipinski definition) is 2. The van der Waals surface area contributed by atoms with Gasteiger partial charge >= 0.3 is 0 Å². The van der Waals surface area contributed by atoms with Gasteiger partial charge in [-0.1, -0.05) is 49.2 Å². The third-order valence-electron chi connectivity index (χ3n) is 2.68. The van der Waals surface area contributed by atoms with E-state index in [-0.39, 0.29) is 6.04 Å². The first-order chi connectivity index (χ1) is 8.04. The predicted octanol–water partition coefficient (Wildman–Crippen LogP) is 4.39. The molecular formula is C13H19Cl2NS. The standard InChI is InChI=1S/C13H19Cl2NS/c1-3-9(2)17-8-11(16)7-10-5-4-6-12(14)13(10)15/h4-6,9,11H,3,7-8,16H2,1-2H3. The molecule has 2 atom stereocenters. The molecule has 0 saturated heterocycles. The SMILES string of the molecule is CCC(C)SCC(N)Cc1cccc(Cl)c1Cl. The van der Waals surface area contributed by atoms with Crippen LogP contribution in [0, 0.1) is 0 Å². The first kappa shape index (κ1) is 15.2. The van der Waals surface area contributed by atoms with Crippen LogP contribution >= 0.6 is 35.0 Å². The Labute approximate surface area is 118 Å². The number of halogens is 2. The van der Waals surface area contributed by atoms with Crippen LogP contribution in [0.3, 0.4) is 0 Å². The van der Waals surface area contributed by atoms with Gasteiger partial charge in [0.1, 0.15) is 0 Å². The maximum atomic E-state index is 6.13. The van der Waals surface area contributed by atoms with Crippen molar-refractivity contribution in [3.05, 3.63) is 33.8 Å². The van der Waals surface area contributed by atoms with Gasteiger partial charge in [-0.3, -0.25) is 0 Å². The van der Waals surface area contributed by atoms with Crippen LogP contribution < -0.4 is 5.73 Å². The van der Waals surface area contributed by atoms with Crippen LogP contribution in [0.2, 0.25) is 10.0 Å². The molecule has 0 aromatic heterocycles. The van der Waals surface area contributed by atoms with E-state index in [0.29, 0.717) is 15.3 Å². The van der Waals surface area contributed by atoms with E-state index in [0.717, 1.165) is 17.7 Å². The van der Waals surface area contributed by atoms with Crippen molar-refractivity contribution < 1.29 is 0 Å². The number of nitrogens with two attached hydrogens (primary N) is 1. The highest BCUT2D eigenvalue weighted by molar-refractivity contribution is 7.99. The minimum Gasteiger partial charge on any atom is -0.327 e. The Morgan fingerprint density at radius 3 is 2.71 bits per heavy atom. The van der Waals surface area contributed by atoms with E-state index in [4.69, 9.17) is 28.9 Å². The van der Waals surface area contributed by atoms with Crippen molar-refractivity contribution in [1.82, 2.24) is 0 Å². The molecule has 0 amide bonds. The molecule has 2 N–H and O–H groups in total. The number of thioether (sulfide) groups is 1. The lowest BCUT2D eigenvalue weighted by molar-refractivity contribution is 0.745. The summed E-state index contributed by atoms with van der Waals surface area (Å²) in [6.45, 7) is 4.42. The average molecular weight is 292 g/mol. The van der Waals surface area contributed by atoms with E-state index in [9.17, 15) is 0 Å². The second kappa shape index (κ2) is 7.52. The summed E-state index contributed by atoms with van der Waals surface area (Å²) < 4.78 is 0. The van der Waals surface area contributed by atoms with Gasteiger partial charge in [0.25, 0.3) is 0 Å². The summed E-state index contributed by atoms with van der Waals surface area (Å²) in [5.41, 5.74) is 7.14. The van der Waals surface area contributed by atoms with E-state index in [1.807, 2.05) is 23.9 Å². The fraction of sp³-hybridized carbons (Fsp3) is 0.538. The second-order valence-corrected chi connectivity index (χ2v) is 6.49.